The quantitative estimate of drug-likeness (QED) is 0.776. The van der Waals surface area contributed by atoms with Crippen LogP contribution in [-0.2, 0) is 9.59 Å². The van der Waals surface area contributed by atoms with E-state index in [-0.39, 0.29) is 13.2 Å². The number of rotatable bonds is 5. The Hall–Kier alpha value is -2.83. The number of carbonyl (C=O) groups excluding carboxylic acids is 2. The van der Waals surface area contributed by atoms with Gasteiger partial charge in [-0.3, -0.25) is 9.59 Å². The number of hydrogen-bond acceptors (Lipinski definition) is 5. The van der Waals surface area contributed by atoms with Gasteiger partial charge < -0.3 is 20.2 Å². The molecule has 1 aromatic heterocycles. The minimum absolute atomic E-state index is 0.243. The van der Waals surface area contributed by atoms with Crippen molar-refractivity contribution in [1.82, 2.24) is 5.32 Å². The molecule has 0 atom stereocenters. The summed E-state index contributed by atoms with van der Waals surface area (Å²) >= 11 is 0. The fraction of sp³-hybridized carbons (Fsp3) is 0.267. The van der Waals surface area contributed by atoms with Crippen molar-refractivity contribution in [3.8, 4) is 5.75 Å². The number of nitrogens with two attached hydrogens (primary N) is 1. The maximum absolute atomic E-state index is 11.5. The van der Waals surface area contributed by atoms with Gasteiger partial charge in [0.1, 0.15) is 11.3 Å². The molecule has 0 fully saturated rings. The Kier molecular flexibility index (Phi) is 4.45. The van der Waals surface area contributed by atoms with Crippen LogP contribution in [0.4, 0.5) is 0 Å². The molecule has 22 heavy (non-hydrogen) atoms. The third kappa shape index (κ3) is 3.43. The first-order valence-electron chi connectivity index (χ1n) is 6.60. The maximum Gasteiger partial charge on any atom is 0.336 e. The number of primary amides is 1. The summed E-state index contributed by atoms with van der Waals surface area (Å²) in [5, 5.41) is 3.12. The van der Waals surface area contributed by atoms with Gasteiger partial charge in [0.25, 0.3) is 5.91 Å². The molecule has 116 valence electrons. The third-order valence-electron chi connectivity index (χ3n) is 3.14. The summed E-state index contributed by atoms with van der Waals surface area (Å²) in [7, 11) is 0. The van der Waals surface area contributed by atoms with Gasteiger partial charge >= 0.3 is 5.63 Å². The van der Waals surface area contributed by atoms with Gasteiger partial charge in [0.2, 0.25) is 5.91 Å². The lowest BCUT2D eigenvalue weighted by Gasteiger charge is -2.11. The van der Waals surface area contributed by atoms with E-state index in [4.69, 9.17) is 14.9 Å². The van der Waals surface area contributed by atoms with Crippen LogP contribution in [-0.4, -0.2) is 25.0 Å². The highest BCUT2D eigenvalue weighted by Gasteiger charge is 2.11. The van der Waals surface area contributed by atoms with Crippen LogP contribution in [0.25, 0.3) is 11.0 Å². The van der Waals surface area contributed by atoms with Crippen molar-refractivity contribution in [3.63, 3.8) is 0 Å². The molecule has 0 spiro atoms. The van der Waals surface area contributed by atoms with Crippen molar-refractivity contribution < 1.29 is 18.7 Å². The molecule has 1 aromatic carbocycles. The third-order valence-corrected chi connectivity index (χ3v) is 3.14. The number of aryl methyl sites for hydroxylation is 2. The van der Waals surface area contributed by atoms with Crippen molar-refractivity contribution in [1.29, 1.82) is 0 Å². The van der Waals surface area contributed by atoms with Crippen LogP contribution in [0.2, 0.25) is 0 Å². The van der Waals surface area contributed by atoms with E-state index in [2.05, 4.69) is 5.32 Å². The molecule has 0 aliphatic carbocycles. The largest absolute Gasteiger partial charge is 0.483 e. The second-order valence-corrected chi connectivity index (χ2v) is 4.85. The van der Waals surface area contributed by atoms with E-state index in [1.807, 2.05) is 6.92 Å². The van der Waals surface area contributed by atoms with E-state index in [1.165, 1.54) is 6.07 Å². The Morgan fingerprint density at radius 1 is 1.32 bits per heavy atom. The summed E-state index contributed by atoms with van der Waals surface area (Å²) < 4.78 is 10.6. The Morgan fingerprint density at radius 3 is 2.73 bits per heavy atom. The van der Waals surface area contributed by atoms with Gasteiger partial charge in [0.15, 0.2) is 6.61 Å². The van der Waals surface area contributed by atoms with Gasteiger partial charge in [-0.05, 0) is 31.5 Å². The fourth-order valence-corrected chi connectivity index (χ4v) is 2.04. The van der Waals surface area contributed by atoms with Crippen LogP contribution in [0.3, 0.4) is 0 Å². The highest BCUT2D eigenvalue weighted by atomic mass is 16.5. The zero-order valence-corrected chi connectivity index (χ0v) is 12.3. The molecule has 0 unspecified atom stereocenters. The van der Waals surface area contributed by atoms with Gasteiger partial charge in [-0.1, -0.05) is 0 Å². The number of benzene rings is 1. The summed E-state index contributed by atoms with van der Waals surface area (Å²) in [4.78, 5) is 33.5. The van der Waals surface area contributed by atoms with E-state index < -0.39 is 17.4 Å². The molecule has 7 nitrogen and oxygen atoms in total. The molecular formula is C15H16N2O5. The minimum atomic E-state index is -0.632. The predicted octanol–water partition coefficient (Wildman–Crippen LogP) is 0.390. The Balaban J connectivity index is 2.19. The molecule has 7 heteroatoms. The fourth-order valence-electron chi connectivity index (χ4n) is 2.04. The van der Waals surface area contributed by atoms with Crippen molar-refractivity contribution in [2.24, 2.45) is 5.73 Å². The minimum Gasteiger partial charge on any atom is -0.483 e. The molecule has 0 radical (unpaired) electrons. The van der Waals surface area contributed by atoms with Crippen LogP contribution in [0.1, 0.15) is 11.1 Å². The summed E-state index contributed by atoms with van der Waals surface area (Å²) in [6, 6.07) is 4.88. The standard InChI is InChI=1S/C15H16N2O5/c1-8-5-14(20)22-15-9(2)11(4-3-10(8)15)21-7-13(19)17-6-12(16)18/h3-5H,6-7H2,1-2H3,(H2,16,18)(H,17,19). The van der Waals surface area contributed by atoms with Crippen LogP contribution in [0, 0.1) is 13.8 Å². The molecule has 2 amide bonds. The SMILES string of the molecule is Cc1cc(=O)oc2c(C)c(OCC(=O)NCC(N)=O)ccc12. The maximum atomic E-state index is 11.5. The highest BCUT2D eigenvalue weighted by molar-refractivity contribution is 5.86. The first kappa shape index (κ1) is 15.6. The number of amides is 2. The Bertz CT molecular complexity index is 794. The molecule has 3 N–H and O–H groups in total. The zero-order chi connectivity index (χ0) is 16.3. The topological polar surface area (TPSA) is 112 Å². The first-order chi connectivity index (χ1) is 10.4. The van der Waals surface area contributed by atoms with Gasteiger partial charge in [0, 0.05) is 17.0 Å². The van der Waals surface area contributed by atoms with E-state index in [0.717, 1.165) is 10.9 Å². The molecule has 2 rings (SSSR count). The predicted molar refractivity (Wildman–Crippen MR) is 79.7 cm³/mol. The van der Waals surface area contributed by atoms with Crippen LogP contribution in [0.15, 0.2) is 27.4 Å². The summed E-state index contributed by atoms with van der Waals surface area (Å²) in [6.07, 6.45) is 0. The molecule has 0 bridgehead atoms. The summed E-state index contributed by atoms with van der Waals surface area (Å²) in [5.41, 5.74) is 6.35. The molecule has 0 saturated carbocycles. The lowest BCUT2D eigenvalue weighted by Crippen LogP contribution is -2.36. The van der Waals surface area contributed by atoms with Crippen LogP contribution in [0.5, 0.6) is 5.75 Å². The van der Waals surface area contributed by atoms with Gasteiger partial charge in [-0.15, -0.1) is 0 Å². The number of hydrogen-bond donors (Lipinski definition) is 2. The summed E-state index contributed by atoms with van der Waals surface area (Å²) in [5.74, 6) is -0.674. The second-order valence-electron chi connectivity index (χ2n) is 4.85. The second kappa shape index (κ2) is 6.30. The van der Waals surface area contributed by atoms with Crippen molar-refractivity contribution >= 4 is 22.8 Å². The van der Waals surface area contributed by atoms with Crippen molar-refractivity contribution in [3.05, 3.63) is 39.7 Å². The lowest BCUT2D eigenvalue weighted by molar-refractivity contribution is -0.126. The number of fused-ring (bicyclic) bond motifs is 1. The van der Waals surface area contributed by atoms with Crippen LogP contribution >= 0.6 is 0 Å². The molecular weight excluding hydrogens is 288 g/mol. The van der Waals surface area contributed by atoms with Crippen molar-refractivity contribution in [2.75, 3.05) is 13.2 Å². The van der Waals surface area contributed by atoms with E-state index in [0.29, 0.717) is 16.9 Å². The number of ether oxygens (including phenoxy) is 1. The van der Waals surface area contributed by atoms with Gasteiger partial charge in [0.05, 0.1) is 6.54 Å². The van der Waals surface area contributed by atoms with E-state index >= 15 is 0 Å². The van der Waals surface area contributed by atoms with E-state index in [1.54, 1.807) is 19.1 Å². The lowest BCUT2D eigenvalue weighted by atomic mass is 10.1. The normalized spacial score (nSPS) is 10.5. The van der Waals surface area contributed by atoms with Gasteiger partial charge in [-0.2, -0.15) is 0 Å². The number of carbonyl (C=O) groups is 2. The summed E-state index contributed by atoms with van der Waals surface area (Å²) in [6.45, 7) is 3.04. The van der Waals surface area contributed by atoms with Crippen LogP contribution < -0.4 is 21.4 Å². The molecule has 0 saturated heterocycles. The monoisotopic (exact) mass is 304 g/mol. The van der Waals surface area contributed by atoms with Crippen molar-refractivity contribution in [2.45, 2.75) is 13.8 Å². The smallest absolute Gasteiger partial charge is 0.336 e. The Morgan fingerprint density at radius 2 is 2.05 bits per heavy atom. The number of nitrogens with one attached hydrogen (secondary N) is 1. The average molecular weight is 304 g/mol. The average Bonchev–Trinajstić information content (AvgIpc) is 2.45. The molecule has 1 heterocycles. The first-order valence-corrected chi connectivity index (χ1v) is 6.60. The highest BCUT2D eigenvalue weighted by Crippen LogP contribution is 2.27. The van der Waals surface area contributed by atoms with Gasteiger partial charge in [-0.25, -0.2) is 4.79 Å². The molecule has 0 aliphatic rings. The zero-order valence-electron chi connectivity index (χ0n) is 12.3. The Labute approximate surface area is 126 Å². The van der Waals surface area contributed by atoms with E-state index in [9.17, 15) is 14.4 Å². The molecule has 0 aliphatic heterocycles. The molecule has 2 aromatic rings.